The summed E-state index contributed by atoms with van der Waals surface area (Å²) in [5.74, 6) is 2.36. The fourth-order valence-electron chi connectivity index (χ4n) is 4.21. The smallest absolute Gasteiger partial charge is 0.227 e. The topological polar surface area (TPSA) is 98.9 Å². The van der Waals surface area contributed by atoms with E-state index in [1.165, 1.54) is 0 Å². The Labute approximate surface area is 190 Å². The number of hydrogen-bond donors (Lipinski definition) is 4. The maximum Gasteiger partial charge on any atom is 0.227 e. The number of carbonyl (C=O) groups excluding carboxylic acids is 1. The number of amides is 1. The van der Waals surface area contributed by atoms with Gasteiger partial charge in [0.25, 0.3) is 0 Å². The van der Waals surface area contributed by atoms with Crippen LogP contribution >= 0.6 is 0 Å². The van der Waals surface area contributed by atoms with Gasteiger partial charge in [0, 0.05) is 23.7 Å². The van der Waals surface area contributed by atoms with E-state index >= 15 is 0 Å². The van der Waals surface area contributed by atoms with Gasteiger partial charge in [0.2, 0.25) is 5.91 Å². The van der Waals surface area contributed by atoms with Crippen LogP contribution in [0, 0.1) is 19.8 Å². The first-order valence-electron chi connectivity index (χ1n) is 11.5. The number of anilines is 1. The molecular formula is C25H36N4O3. The first kappa shape index (κ1) is 23.9. The minimum atomic E-state index is -1.09. The van der Waals surface area contributed by atoms with Crippen molar-refractivity contribution in [3.8, 4) is 0 Å². The highest BCUT2D eigenvalue weighted by atomic mass is 16.3. The number of aliphatic imine (C=N–C) groups is 1. The van der Waals surface area contributed by atoms with Crippen LogP contribution in [-0.2, 0) is 16.9 Å². The molecule has 0 radical (unpaired) electrons. The zero-order chi connectivity index (χ0) is 23.1. The molecule has 1 unspecified atom stereocenters. The molecule has 1 heterocycles. The highest BCUT2D eigenvalue weighted by Crippen LogP contribution is 2.27. The number of carbonyl (C=O) groups is 1. The summed E-state index contributed by atoms with van der Waals surface area (Å²) in [4.78, 5) is 17.1. The van der Waals surface area contributed by atoms with Crippen LogP contribution < -0.4 is 16.0 Å². The molecule has 7 nitrogen and oxygen atoms in total. The Morgan fingerprint density at radius 3 is 2.62 bits per heavy atom. The molecule has 174 valence electrons. The number of aliphatic hydroxyl groups is 1. The second kappa shape index (κ2) is 10.7. The number of nitrogens with zero attached hydrogens (tertiary/aromatic N) is 1. The van der Waals surface area contributed by atoms with Crippen LogP contribution in [0.1, 0.15) is 62.2 Å². The number of benzene rings is 1. The molecule has 0 saturated heterocycles. The van der Waals surface area contributed by atoms with Crippen LogP contribution in [0.15, 0.2) is 39.7 Å². The first-order chi connectivity index (χ1) is 15.3. The minimum Gasteiger partial charge on any atom is -0.466 e. The maximum atomic E-state index is 12.4. The SMILES string of the molecule is CCNC(=NCc1cccc(NC(=O)C2CCCC2)c1)NCC(C)(O)c1cc(C)oc1C. The lowest BCUT2D eigenvalue weighted by Crippen LogP contribution is -2.44. The van der Waals surface area contributed by atoms with E-state index in [0.717, 1.165) is 48.3 Å². The van der Waals surface area contributed by atoms with E-state index < -0.39 is 5.60 Å². The van der Waals surface area contributed by atoms with E-state index in [-0.39, 0.29) is 18.4 Å². The molecule has 1 fully saturated rings. The lowest BCUT2D eigenvalue weighted by molar-refractivity contribution is -0.119. The van der Waals surface area contributed by atoms with Crippen molar-refractivity contribution in [1.82, 2.24) is 10.6 Å². The van der Waals surface area contributed by atoms with Gasteiger partial charge in [-0.3, -0.25) is 4.79 Å². The highest BCUT2D eigenvalue weighted by molar-refractivity contribution is 5.92. The average molecular weight is 441 g/mol. The lowest BCUT2D eigenvalue weighted by atomic mass is 9.96. The van der Waals surface area contributed by atoms with Crippen LogP contribution in [0.25, 0.3) is 0 Å². The molecule has 1 amide bonds. The van der Waals surface area contributed by atoms with Crippen LogP contribution in [0.3, 0.4) is 0 Å². The number of aryl methyl sites for hydroxylation is 2. The number of hydrogen-bond acceptors (Lipinski definition) is 4. The summed E-state index contributed by atoms with van der Waals surface area (Å²) < 4.78 is 5.57. The second-order valence-corrected chi connectivity index (χ2v) is 8.82. The van der Waals surface area contributed by atoms with E-state index in [4.69, 9.17) is 4.42 Å². The van der Waals surface area contributed by atoms with Crippen molar-refractivity contribution in [2.75, 3.05) is 18.4 Å². The van der Waals surface area contributed by atoms with Crippen LogP contribution in [0.4, 0.5) is 5.69 Å². The van der Waals surface area contributed by atoms with E-state index in [9.17, 15) is 9.90 Å². The molecule has 1 aromatic heterocycles. The third kappa shape index (κ3) is 6.36. The molecule has 1 aliphatic rings. The number of rotatable bonds is 8. The summed E-state index contributed by atoms with van der Waals surface area (Å²) >= 11 is 0. The van der Waals surface area contributed by atoms with Crippen molar-refractivity contribution in [3.05, 3.63) is 53.0 Å². The van der Waals surface area contributed by atoms with Crippen molar-refractivity contribution in [3.63, 3.8) is 0 Å². The summed E-state index contributed by atoms with van der Waals surface area (Å²) in [6, 6.07) is 9.67. The third-order valence-electron chi connectivity index (χ3n) is 5.91. The molecule has 4 N–H and O–H groups in total. The standard InChI is InChI=1S/C25H36N4O3/c1-5-26-24(28-16-25(4,31)22-13-17(2)32-18(22)3)27-15-19-9-8-12-21(14-19)29-23(30)20-10-6-7-11-20/h8-9,12-14,20,31H,5-7,10-11,15-16H2,1-4H3,(H,29,30)(H2,26,27,28). The molecule has 3 rings (SSSR count). The number of furan rings is 1. The van der Waals surface area contributed by atoms with E-state index in [2.05, 4.69) is 20.9 Å². The Hall–Kier alpha value is -2.80. The van der Waals surface area contributed by atoms with Gasteiger partial charge >= 0.3 is 0 Å². The van der Waals surface area contributed by atoms with E-state index in [0.29, 0.717) is 24.8 Å². The van der Waals surface area contributed by atoms with Crippen LogP contribution in [-0.4, -0.2) is 30.1 Å². The molecule has 1 atom stereocenters. The fraction of sp³-hybridized carbons (Fsp3) is 0.520. The van der Waals surface area contributed by atoms with E-state index in [1.807, 2.05) is 51.1 Å². The summed E-state index contributed by atoms with van der Waals surface area (Å²) in [5.41, 5.74) is 1.48. The van der Waals surface area contributed by atoms with Gasteiger partial charge in [0.05, 0.1) is 13.1 Å². The molecule has 1 saturated carbocycles. The zero-order valence-electron chi connectivity index (χ0n) is 19.6. The highest BCUT2D eigenvalue weighted by Gasteiger charge is 2.28. The van der Waals surface area contributed by atoms with Crippen molar-refractivity contribution < 1.29 is 14.3 Å². The Balaban J connectivity index is 1.62. The van der Waals surface area contributed by atoms with Crippen molar-refractivity contribution in [1.29, 1.82) is 0 Å². The summed E-state index contributed by atoms with van der Waals surface area (Å²) in [7, 11) is 0. The van der Waals surface area contributed by atoms with E-state index in [1.54, 1.807) is 6.92 Å². The molecule has 7 heteroatoms. The summed E-state index contributed by atoms with van der Waals surface area (Å²) in [6.45, 7) is 8.93. The Morgan fingerprint density at radius 1 is 1.22 bits per heavy atom. The first-order valence-corrected chi connectivity index (χ1v) is 11.5. The Bertz CT molecular complexity index is 942. The molecule has 0 spiro atoms. The molecular weight excluding hydrogens is 404 g/mol. The predicted octanol–water partition coefficient (Wildman–Crippen LogP) is 3.99. The zero-order valence-corrected chi connectivity index (χ0v) is 19.6. The predicted molar refractivity (Wildman–Crippen MR) is 128 cm³/mol. The van der Waals surface area contributed by atoms with Crippen LogP contribution in [0.2, 0.25) is 0 Å². The van der Waals surface area contributed by atoms with Gasteiger partial charge in [-0.05, 0) is 64.3 Å². The quantitative estimate of drug-likeness (QED) is 0.368. The minimum absolute atomic E-state index is 0.116. The van der Waals surface area contributed by atoms with Gasteiger partial charge in [-0.25, -0.2) is 4.99 Å². The van der Waals surface area contributed by atoms with Gasteiger partial charge in [0.15, 0.2) is 5.96 Å². The maximum absolute atomic E-state index is 12.4. The average Bonchev–Trinajstić information content (AvgIpc) is 3.40. The molecule has 1 aromatic carbocycles. The summed E-state index contributed by atoms with van der Waals surface area (Å²) in [5, 5.41) is 20.4. The molecule has 0 aliphatic heterocycles. The monoisotopic (exact) mass is 440 g/mol. The Kier molecular flexibility index (Phi) is 7.96. The molecule has 32 heavy (non-hydrogen) atoms. The van der Waals surface area contributed by atoms with Crippen molar-refractivity contribution >= 4 is 17.6 Å². The molecule has 2 aromatic rings. The summed E-state index contributed by atoms with van der Waals surface area (Å²) in [6.07, 6.45) is 4.24. The van der Waals surface area contributed by atoms with Crippen molar-refractivity contribution in [2.24, 2.45) is 10.9 Å². The molecule has 1 aliphatic carbocycles. The van der Waals surface area contributed by atoms with Gasteiger partial charge in [0.1, 0.15) is 17.1 Å². The molecule has 0 bridgehead atoms. The lowest BCUT2D eigenvalue weighted by Gasteiger charge is -2.24. The third-order valence-corrected chi connectivity index (χ3v) is 5.91. The van der Waals surface area contributed by atoms with Gasteiger partial charge in [-0.2, -0.15) is 0 Å². The van der Waals surface area contributed by atoms with Gasteiger partial charge < -0.3 is 25.5 Å². The van der Waals surface area contributed by atoms with Gasteiger partial charge in [-0.15, -0.1) is 0 Å². The number of guanidine groups is 1. The van der Waals surface area contributed by atoms with Crippen molar-refractivity contribution in [2.45, 2.75) is 65.5 Å². The fourth-order valence-corrected chi connectivity index (χ4v) is 4.21. The largest absolute Gasteiger partial charge is 0.466 e. The second-order valence-electron chi connectivity index (χ2n) is 8.82. The Morgan fingerprint density at radius 2 is 1.97 bits per heavy atom. The normalized spacial score (nSPS) is 16.6. The van der Waals surface area contributed by atoms with Crippen LogP contribution in [0.5, 0.6) is 0 Å². The van der Waals surface area contributed by atoms with Gasteiger partial charge in [-0.1, -0.05) is 25.0 Å². The number of nitrogens with one attached hydrogen (secondary N) is 3.